The van der Waals surface area contributed by atoms with Gasteiger partial charge in [0.25, 0.3) is 0 Å². The Morgan fingerprint density at radius 3 is 2.38 bits per heavy atom. The highest BCUT2D eigenvalue weighted by Crippen LogP contribution is 2.25. The van der Waals surface area contributed by atoms with E-state index in [0.29, 0.717) is 34.8 Å². The average molecular weight is 540 g/mol. The van der Waals surface area contributed by atoms with Crippen LogP contribution in [0.25, 0.3) is 0 Å². The number of halogens is 1. The van der Waals surface area contributed by atoms with Crippen LogP contribution in [-0.2, 0) is 26.2 Å². The van der Waals surface area contributed by atoms with Crippen LogP contribution in [0.5, 0.6) is 0 Å². The normalized spacial score (nSPS) is 14.2. The summed E-state index contributed by atoms with van der Waals surface area (Å²) in [5, 5.41) is 3.29. The SMILES string of the molecule is Cc1ccc(S(=O)(=O)N(CC(=O)Nc2cccc(Cl)c2C)Cc2ccc(N3CCCCC3=O)cc2)cc1. The molecule has 0 unspecified atom stereocenters. The van der Waals surface area contributed by atoms with Crippen molar-refractivity contribution in [3.8, 4) is 0 Å². The van der Waals surface area contributed by atoms with E-state index in [9.17, 15) is 18.0 Å². The monoisotopic (exact) mass is 539 g/mol. The lowest BCUT2D eigenvalue weighted by Crippen LogP contribution is -2.37. The molecular formula is C28H30ClN3O4S. The Balaban J connectivity index is 1.58. The second-order valence-corrected chi connectivity index (χ2v) is 11.6. The number of amides is 2. The smallest absolute Gasteiger partial charge is 0.243 e. The number of anilines is 2. The van der Waals surface area contributed by atoms with Crippen LogP contribution in [0.4, 0.5) is 11.4 Å². The molecule has 3 aromatic rings. The maximum absolute atomic E-state index is 13.6. The minimum Gasteiger partial charge on any atom is -0.325 e. The van der Waals surface area contributed by atoms with E-state index in [0.717, 1.165) is 28.4 Å². The molecule has 1 N–H and O–H groups in total. The van der Waals surface area contributed by atoms with Gasteiger partial charge in [-0.3, -0.25) is 9.59 Å². The second-order valence-electron chi connectivity index (χ2n) is 9.22. The molecule has 3 aromatic carbocycles. The van der Waals surface area contributed by atoms with Crippen molar-refractivity contribution in [1.82, 2.24) is 4.31 Å². The Morgan fingerprint density at radius 2 is 1.70 bits per heavy atom. The molecule has 37 heavy (non-hydrogen) atoms. The molecule has 1 heterocycles. The number of piperidine rings is 1. The first-order chi connectivity index (χ1) is 17.6. The standard InChI is InChI=1S/C28H30ClN3O4S/c1-20-9-15-24(16-10-20)37(35,36)31(19-27(33)30-26-7-5-6-25(29)21(26)2)18-22-11-13-23(14-12-22)32-17-4-3-8-28(32)34/h5-7,9-16H,3-4,8,17-19H2,1-2H3,(H,30,33). The number of sulfonamides is 1. The van der Waals surface area contributed by atoms with Gasteiger partial charge in [-0.25, -0.2) is 8.42 Å². The largest absolute Gasteiger partial charge is 0.325 e. The Bertz CT molecular complexity index is 1390. The Labute approximate surface area is 223 Å². The number of nitrogens with zero attached hydrogens (tertiary/aromatic N) is 2. The summed E-state index contributed by atoms with van der Waals surface area (Å²) in [6.07, 6.45) is 2.39. The van der Waals surface area contributed by atoms with Crippen molar-refractivity contribution in [3.63, 3.8) is 0 Å². The van der Waals surface area contributed by atoms with Crippen LogP contribution in [0.15, 0.2) is 71.6 Å². The molecule has 194 valence electrons. The summed E-state index contributed by atoms with van der Waals surface area (Å²) in [7, 11) is -3.98. The zero-order chi connectivity index (χ0) is 26.6. The molecule has 1 aliphatic rings. The highest BCUT2D eigenvalue weighted by atomic mass is 35.5. The van der Waals surface area contributed by atoms with Gasteiger partial charge in [0, 0.05) is 35.9 Å². The quantitative estimate of drug-likeness (QED) is 0.420. The molecule has 7 nitrogen and oxygen atoms in total. The van der Waals surface area contributed by atoms with Gasteiger partial charge in [0.15, 0.2) is 0 Å². The molecule has 1 aliphatic heterocycles. The van der Waals surface area contributed by atoms with Crippen molar-refractivity contribution in [2.75, 3.05) is 23.3 Å². The summed E-state index contributed by atoms with van der Waals surface area (Å²) in [4.78, 5) is 27.1. The van der Waals surface area contributed by atoms with E-state index in [2.05, 4.69) is 5.32 Å². The van der Waals surface area contributed by atoms with E-state index >= 15 is 0 Å². The van der Waals surface area contributed by atoms with Crippen molar-refractivity contribution < 1.29 is 18.0 Å². The highest BCUT2D eigenvalue weighted by Gasteiger charge is 2.27. The number of aryl methyl sites for hydroxylation is 1. The number of rotatable bonds is 8. The zero-order valence-corrected chi connectivity index (χ0v) is 22.5. The first-order valence-corrected chi connectivity index (χ1v) is 14.0. The maximum Gasteiger partial charge on any atom is 0.243 e. The van der Waals surface area contributed by atoms with E-state index in [-0.39, 0.29) is 23.9 Å². The third-order valence-electron chi connectivity index (χ3n) is 6.45. The van der Waals surface area contributed by atoms with Gasteiger partial charge in [0.2, 0.25) is 21.8 Å². The predicted molar refractivity (Wildman–Crippen MR) is 146 cm³/mol. The number of hydrogen-bond acceptors (Lipinski definition) is 4. The van der Waals surface area contributed by atoms with Gasteiger partial charge in [0.1, 0.15) is 0 Å². The third-order valence-corrected chi connectivity index (χ3v) is 8.67. The summed E-state index contributed by atoms with van der Waals surface area (Å²) in [6.45, 7) is 3.95. The van der Waals surface area contributed by atoms with Gasteiger partial charge in [-0.1, -0.05) is 47.5 Å². The Morgan fingerprint density at radius 1 is 1.00 bits per heavy atom. The summed E-state index contributed by atoms with van der Waals surface area (Å²) >= 11 is 6.17. The van der Waals surface area contributed by atoms with E-state index in [1.807, 2.05) is 19.1 Å². The minimum atomic E-state index is -3.98. The molecule has 9 heteroatoms. The lowest BCUT2D eigenvalue weighted by Gasteiger charge is -2.27. The van der Waals surface area contributed by atoms with Crippen LogP contribution in [0.3, 0.4) is 0 Å². The van der Waals surface area contributed by atoms with E-state index in [1.165, 1.54) is 0 Å². The number of nitrogens with one attached hydrogen (secondary N) is 1. The molecule has 0 aliphatic carbocycles. The van der Waals surface area contributed by atoms with Gasteiger partial charge in [-0.15, -0.1) is 0 Å². The second kappa shape index (κ2) is 11.5. The summed E-state index contributed by atoms with van der Waals surface area (Å²) in [6, 6.07) is 19.0. The van der Waals surface area contributed by atoms with E-state index in [1.54, 1.807) is 66.4 Å². The number of carbonyl (C=O) groups excluding carboxylic acids is 2. The molecule has 0 aromatic heterocycles. The van der Waals surface area contributed by atoms with Gasteiger partial charge in [-0.2, -0.15) is 4.31 Å². The first-order valence-electron chi connectivity index (χ1n) is 12.2. The molecule has 0 atom stereocenters. The number of benzene rings is 3. The van der Waals surface area contributed by atoms with E-state index in [4.69, 9.17) is 11.6 Å². The fourth-order valence-electron chi connectivity index (χ4n) is 4.24. The Kier molecular flexibility index (Phi) is 8.32. The first kappa shape index (κ1) is 26.9. The van der Waals surface area contributed by atoms with Crippen molar-refractivity contribution >= 4 is 44.8 Å². The van der Waals surface area contributed by atoms with Crippen molar-refractivity contribution in [2.24, 2.45) is 0 Å². The minimum absolute atomic E-state index is 0.00756. The zero-order valence-electron chi connectivity index (χ0n) is 20.9. The number of carbonyl (C=O) groups is 2. The molecule has 0 saturated carbocycles. The van der Waals surface area contributed by atoms with Crippen molar-refractivity contribution in [3.05, 3.63) is 88.4 Å². The third kappa shape index (κ3) is 6.39. The van der Waals surface area contributed by atoms with Crippen LogP contribution in [0.1, 0.15) is 36.0 Å². The van der Waals surface area contributed by atoms with E-state index < -0.39 is 15.9 Å². The van der Waals surface area contributed by atoms with Crippen LogP contribution >= 0.6 is 11.6 Å². The van der Waals surface area contributed by atoms with Crippen LogP contribution in [0, 0.1) is 13.8 Å². The molecular weight excluding hydrogens is 510 g/mol. The number of hydrogen-bond donors (Lipinski definition) is 1. The topological polar surface area (TPSA) is 86.8 Å². The summed E-state index contributed by atoms with van der Waals surface area (Å²) in [5.74, 6) is -0.382. The fraction of sp³-hybridized carbons (Fsp3) is 0.286. The van der Waals surface area contributed by atoms with Gasteiger partial charge in [-0.05, 0) is 74.2 Å². The van der Waals surface area contributed by atoms with Crippen LogP contribution in [-0.4, -0.2) is 37.6 Å². The molecule has 2 amide bonds. The highest BCUT2D eigenvalue weighted by molar-refractivity contribution is 7.89. The molecule has 1 saturated heterocycles. The van der Waals surface area contributed by atoms with Crippen molar-refractivity contribution in [2.45, 2.75) is 44.6 Å². The predicted octanol–water partition coefficient (Wildman–Crippen LogP) is 5.30. The Hall–Kier alpha value is -3.20. The maximum atomic E-state index is 13.6. The molecule has 1 fully saturated rings. The average Bonchev–Trinajstić information content (AvgIpc) is 2.87. The lowest BCUT2D eigenvalue weighted by molar-refractivity contribution is -0.119. The molecule has 0 radical (unpaired) electrons. The van der Waals surface area contributed by atoms with Gasteiger partial charge >= 0.3 is 0 Å². The summed E-state index contributed by atoms with van der Waals surface area (Å²) < 4.78 is 28.3. The van der Waals surface area contributed by atoms with Gasteiger partial charge in [0.05, 0.1) is 11.4 Å². The van der Waals surface area contributed by atoms with Crippen LogP contribution in [0.2, 0.25) is 5.02 Å². The fourth-order valence-corrected chi connectivity index (χ4v) is 5.80. The summed E-state index contributed by atoms with van der Waals surface area (Å²) in [5.41, 5.74) is 3.66. The van der Waals surface area contributed by atoms with Crippen LogP contribution < -0.4 is 10.2 Å². The molecule has 0 spiro atoms. The van der Waals surface area contributed by atoms with Gasteiger partial charge < -0.3 is 10.2 Å². The molecule has 4 rings (SSSR count). The lowest BCUT2D eigenvalue weighted by atomic mass is 10.1. The van der Waals surface area contributed by atoms with Crippen molar-refractivity contribution in [1.29, 1.82) is 0 Å². The molecule has 0 bridgehead atoms.